The van der Waals surface area contributed by atoms with Gasteiger partial charge in [0.2, 0.25) is 0 Å². The maximum absolute atomic E-state index is 12.5. The van der Waals surface area contributed by atoms with Crippen molar-refractivity contribution in [1.29, 1.82) is 0 Å². The van der Waals surface area contributed by atoms with Crippen molar-refractivity contribution >= 4 is 17.7 Å². The third-order valence-electron chi connectivity index (χ3n) is 4.16. The monoisotopic (exact) mass is 335 g/mol. The van der Waals surface area contributed by atoms with E-state index in [0.29, 0.717) is 18.6 Å². The molecule has 23 heavy (non-hydrogen) atoms. The number of furan rings is 1. The van der Waals surface area contributed by atoms with Crippen molar-refractivity contribution in [2.45, 2.75) is 30.7 Å². The molecule has 1 unspecified atom stereocenters. The summed E-state index contributed by atoms with van der Waals surface area (Å²) >= 11 is 1.65. The van der Waals surface area contributed by atoms with Crippen LogP contribution in [0.4, 0.5) is 0 Å². The highest BCUT2D eigenvalue weighted by molar-refractivity contribution is 7.97. The number of nitrogens with one attached hydrogen (secondary N) is 1. The molecule has 0 aromatic carbocycles. The number of carbonyl (C=O) groups is 1. The quantitative estimate of drug-likeness (QED) is 0.845. The smallest absolute Gasteiger partial charge is 0.287 e. The lowest BCUT2D eigenvalue weighted by Crippen LogP contribution is -2.41. The number of aryl methyl sites for hydroxylation is 1. The Kier molecular flexibility index (Phi) is 4.77. The molecule has 0 bridgehead atoms. The molecule has 6 nitrogen and oxygen atoms in total. The first-order valence-corrected chi connectivity index (χ1v) is 9.01. The number of hydrogen-bond donors (Lipinski definition) is 2. The molecular weight excluding hydrogens is 314 g/mol. The van der Waals surface area contributed by atoms with E-state index in [1.807, 2.05) is 25.6 Å². The van der Waals surface area contributed by atoms with Crippen molar-refractivity contribution in [1.82, 2.24) is 15.1 Å². The van der Waals surface area contributed by atoms with Gasteiger partial charge in [-0.15, -0.1) is 0 Å². The number of hydrogen-bond acceptors (Lipinski definition) is 5. The first-order valence-electron chi connectivity index (χ1n) is 7.62. The van der Waals surface area contributed by atoms with Crippen LogP contribution in [0.3, 0.4) is 0 Å². The average Bonchev–Trinajstić information content (AvgIpc) is 3.11. The van der Waals surface area contributed by atoms with E-state index in [1.165, 1.54) is 0 Å². The highest BCUT2D eigenvalue weighted by Gasteiger charge is 2.36. The Bertz CT molecular complexity index is 676. The van der Waals surface area contributed by atoms with E-state index in [-0.39, 0.29) is 24.0 Å². The van der Waals surface area contributed by atoms with Crippen molar-refractivity contribution in [2.24, 2.45) is 13.0 Å². The molecule has 7 heteroatoms. The lowest BCUT2D eigenvalue weighted by molar-refractivity contribution is 0.0232. The molecule has 0 radical (unpaired) electrons. The number of carbonyl (C=O) groups excluding carboxylic acids is 1. The second-order valence-electron chi connectivity index (χ2n) is 5.98. The van der Waals surface area contributed by atoms with Crippen LogP contribution < -0.4 is 5.32 Å². The molecule has 2 aromatic heterocycles. The van der Waals surface area contributed by atoms with Crippen molar-refractivity contribution in [3.8, 4) is 0 Å². The Morgan fingerprint density at radius 1 is 1.57 bits per heavy atom. The lowest BCUT2D eigenvalue weighted by Gasteiger charge is -2.37. The number of aliphatic hydroxyl groups is 1. The normalized spacial score (nSPS) is 21.7. The molecule has 1 aliphatic rings. The van der Waals surface area contributed by atoms with E-state index < -0.39 is 0 Å². The standard InChI is InChI=1S/C16H21N3O3S/c1-19-8-11(7-17-19)15(10-5-12(20)6-10)18-16(21)14-4-3-13(22-14)9-23-2/h3-4,7-8,10,12,15,20H,5-6,9H2,1-2H3,(H,18,21). The van der Waals surface area contributed by atoms with E-state index in [4.69, 9.17) is 4.42 Å². The summed E-state index contributed by atoms with van der Waals surface area (Å²) in [6, 6.07) is 3.38. The molecule has 1 aliphatic carbocycles. The fraction of sp³-hybridized carbons (Fsp3) is 0.500. The summed E-state index contributed by atoms with van der Waals surface area (Å²) in [5.74, 6) is 1.85. The summed E-state index contributed by atoms with van der Waals surface area (Å²) in [4.78, 5) is 12.5. The van der Waals surface area contributed by atoms with E-state index in [2.05, 4.69) is 10.4 Å². The van der Waals surface area contributed by atoms with Gasteiger partial charge in [0.15, 0.2) is 5.76 Å². The van der Waals surface area contributed by atoms with Gasteiger partial charge in [-0.2, -0.15) is 16.9 Å². The minimum atomic E-state index is -0.270. The molecule has 124 valence electrons. The number of amides is 1. The van der Waals surface area contributed by atoms with Gasteiger partial charge in [-0.25, -0.2) is 0 Å². The van der Waals surface area contributed by atoms with Gasteiger partial charge in [-0.3, -0.25) is 9.48 Å². The zero-order chi connectivity index (χ0) is 16.4. The predicted molar refractivity (Wildman–Crippen MR) is 88.1 cm³/mol. The van der Waals surface area contributed by atoms with Crippen LogP contribution in [0.15, 0.2) is 28.9 Å². The Labute approximate surface area is 139 Å². The van der Waals surface area contributed by atoms with E-state index in [1.54, 1.807) is 28.7 Å². The third kappa shape index (κ3) is 3.61. The van der Waals surface area contributed by atoms with Crippen LogP contribution in [0.25, 0.3) is 0 Å². The van der Waals surface area contributed by atoms with Gasteiger partial charge >= 0.3 is 0 Å². The minimum Gasteiger partial charge on any atom is -0.455 e. The second kappa shape index (κ2) is 6.80. The molecule has 0 saturated heterocycles. The fourth-order valence-corrected chi connectivity index (χ4v) is 3.35. The molecule has 1 saturated carbocycles. The number of nitrogens with zero attached hydrogens (tertiary/aromatic N) is 2. The second-order valence-corrected chi connectivity index (χ2v) is 6.85. The Hall–Kier alpha value is -1.73. The SMILES string of the molecule is CSCc1ccc(C(=O)NC(c2cnn(C)c2)C2CC(O)C2)o1. The van der Waals surface area contributed by atoms with Gasteiger partial charge in [-0.1, -0.05) is 0 Å². The summed E-state index contributed by atoms with van der Waals surface area (Å²) in [5.41, 5.74) is 0.952. The Morgan fingerprint density at radius 2 is 2.35 bits per heavy atom. The third-order valence-corrected chi connectivity index (χ3v) is 4.74. The topological polar surface area (TPSA) is 80.3 Å². The number of aliphatic hydroxyl groups excluding tert-OH is 1. The number of thioether (sulfide) groups is 1. The van der Waals surface area contributed by atoms with Crippen LogP contribution in [0.5, 0.6) is 0 Å². The maximum Gasteiger partial charge on any atom is 0.287 e. The van der Waals surface area contributed by atoms with Crippen molar-refractivity contribution in [2.75, 3.05) is 6.26 Å². The molecule has 1 amide bonds. The highest BCUT2D eigenvalue weighted by atomic mass is 32.2. The van der Waals surface area contributed by atoms with E-state index in [9.17, 15) is 9.90 Å². The van der Waals surface area contributed by atoms with Crippen LogP contribution >= 0.6 is 11.8 Å². The largest absolute Gasteiger partial charge is 0.455 e. The number of aromatic nitrogens is 2. The predicted octanol–water partition coefficient (Wildman–Crippen LogP) is 2.12. The first kappa shape index (κ1) is 16.1. The summed E-state index contributed by atoms with van der Waals surface area (Å²) in [7, 11) is 1.85. The summed E-state index contributed by atoms with van der Waals surface area (Å²) < 4.78 is 7.29. The molecule has 2 heterocycles. The molecule has 3 rings (SSSR count). The van der Waals surface area contributed by atoms with E-state index >= 15 is 0 Å². The fourth-order valence-electron chi connectivity index (χ4n) is 2.91. The summed E-state index contributed by atoms with van der Waals surface area (Å²) in [6.07, 6.45) is 6.76. The average molecular weight is 335 g/mol. The first-order chi connectivity index (χ1) is 11.1. The van der Waals surface area contributed by atoms with Crippen LogP contribution in [0.1, 0.15) is 40.8 Å². The summed E-state index contributed by atoms with van der Waals surface area (Å²) in [6.45, 7) is 0. The van der Waals surface area contributed by atoms with Crippen LogP contribution in [-0.2, 0) is 12.8 Å². The number of rotatable bonds is 6. The lowest BCUT2D eigenvalue weighted by atomic mass is 9.75. The van der Waals surface area contributed by atoms with Crippen molar-refractivity contribution in [3.63, 3.8) is 0 Å². The zero-order valence-corrected chi connectivity index (χ0v) is 14.0. The molecule has 2 N–H and O–H groups in total. The van der Waals surface area contributed by atoms with Gasteiger partial charge in [0.1, 0.15) is 5.76 Å². The minimum absolute atomic E-state index is 0.159. The molecule has 1 atom stereocenters. The van der Waals surface area contributed by atoms with Crippen molar-refractivity contribution in [3.05, 3.63) is 41.6 Å². The maximum atomic E-state index is 12.5. The molecule has 0 aliphatic heterocycles. The molecule has 0 spiro atoms. The summed E-state index contributed by atoms with van der Waals surface area (Å²) in [5, 5.41) is 16.8. The van der Waals surface area contributed by atoms with E-state index in [0.717, 1.165) is 17.1 Å². The zero-order valence-electron chi connectivity index (χ0n) is 13.2. The van der Waals surface area contributed by atoms with Gasteiger partial charge in [0.05, 0.1) is 24.1 Å². The molecule has 2 aromatic rings. The van der Waals surface area contributed by atoms with Crippen LogP contribution in [0.2, 0.25) is 0 Å². The Morgan fingerprint density at radius 3 is 2.96 bits per heavy atom. The van der Waals surface area contributed by atoms with Gasteiger partial charge in [-0.05, 0) is 37.1 Å². The molecule has 1 fully saturated rings. The van der Waals surface area contributed by atoms with Gasteiger partial charge < -0.3 is 14.8 Å². The Balaban J connectivity index is 1.73. The van der Waals surface area contributed by atoms with Crippen LogP contribution in [0, 0.1) is 5.92 Å². The van der Waals surface area contributed by atoms with Crippen LogP contribution in [-0.4, -0.2) is 33.2 Å². The highest BCUT2D eigenvalue weighted by Crippen LogP contribution is 2.38. The van der Waals surface area contributed by atoms with Gasteiger partial charge in [0.25, 0.3) is 5.91 Å². The van der Waals surface area contributed by atoms with Crippen molar-refractivity contribution < 1.29 is 14.3 Å². The van der Waals surface area contributed by atoms with Gasteiger partial charge in [0, 0.05) is 18.8 Å². The molecular formula is C16H21N3O3S.